The Hall–Kier alpha value is -2.71. The molecular weight excluding hydrogens is 335 g/mol. The van der Waals surface area contributed by atoms with Gasteiger partial charge in [-0.05, 0) is 66.6 Å². The zero-order chi connectivity index (χ0) is 17.6. The van der Waals surface area contributed by atoms with Crippen LogP contribution in [0.15, 0.2) is 42.5 Å². The molecule has 25 heavy (non-hydrogen) atoms. The maximum atomic E-state index is 13.1. The molecule has 4 rings (SSSR count). The molecule has 3 aromatic rings. The van der Waals surface area contributed by atoms with E-state index < -0.39 is 0 Å². The van der Waals surface area contributed by atoms with E-state index in [0.717, 1.165) is 34.1 Å². The van der Waals surface area contributed by atoms with Gasteiger partial charge in [0.1, 0.15) is 5.82 Å². The van der Waals surface area contributed by atoms with Gasteiger partial charge in [-0.15, -0.1) is 11.3 Å². The lowest BCUT2D eigenvalue weighted by Gasteiger charge is -2.17. The highest BCUT2D eigenvalue weighted by molar-refractivity contribution is 7.21. The Morgan fingerprint density at radius 2 is 1.96 bits per heavy atom. The van der Waals surface area contributed by atoms with Crippen LogP contribution >= 0.6 is 11.3 Å². The summed E-state index contributed by atoms with van der Waals surface area (Å²) in [5.41, 5.74) is 2.04. The number of amides is 1. The Bertz CT molecular complexity index is 1030. The molecule has 0 aliphatic heterocycles. The number of hydrogen-bond acceptors (Lipinski definition) is 3. The van der Waals surface area contributed by atoms with E-state index in [1.54, 1.807) is 18.2 Å². The van der Waals surface area contributed by atoms with E-state index in [1.165, 1.54) is 23.5 Å². The Morgan fingerprint density at radius 3 is 2.60 bits per heavy atom. The van der Waals surface area contributed by atoms with Crippen LogP contribution in [0.1, 0.15) is 39.2 Å². The van der Waals surface area contributed by atoms with Gasteiger partial charge in [-0.25, -0.2) is 4.39 Å². The van der Waals surface area contributed by atoms with Crippen LogP contribution in [0.4, 0.5) is 4.39 Å². The van der Waals surface area contributed by atoms with Crippen molar-refractivity contribution >= 4 is 27.3 Å². The lowest BCUT2D eigenvalue weighted by Crippen LogP contribution is -2.34. The molecule has 0 radical (unpaired) electrons. The summed E-state index contributed by atoms with van der Waals surface area (Å²) in [6.07, 6.45) is 1.71. The number of rotatable bonds is 3. The predicted octanol–water partition coefficient (Wildman–Crippen LogP) is 4.64. The molecule has 1 amide bonds. The van der Waals surface area contributed by atoms with E-state index in [4.69, 9.17) is 5.26 Å². The number of nitrogens with one attached hydrogen (secondary N) is 1. The van der Waals surface area contributed by atoms with Gasteiger partial charge in [0, 0.05) is 4.70 Å². The molecule has 0 atom stereocenters. The number of hydrogen-bond donors (Lipinski definition) is 1. The molecule has 1 fully saturated rings. The fourth-order valence-corrected chi connectivity index (χ4v) is 4.25. The Kier molecular flexibility index (Phi) is 3.59. The molecule has 2 aromatic carbocycles. The first-order valence-electron chi connectivity index (χ1n) is 8.04. The van der Waals surface area contributed by atoms with Crippen molar-refractivity contribution in [2.75, 3.05) is 0 Å². The average Bonchev–Trinajstić information content (AvgIpc) is 3.32. The number of carbonyl (C=O) groups is 1. The van der Waals surface area contributed by atoms with E-state index in [1.807, 2.05) is 19.1 Å². The summed E-state index contributed by atoms with van der Waals surface area (Å²) in [6, 6.07) is 13.9. The molecule has 3 nitrogen and oxygen atoms in total. The van der Waals surface area contributed by atoms with Gasteiger partial charge >= 0.3 is 0 Å². The zero-order valence-corrected chi connectivity index (χ0v) is 14.4. The minimum atomic E-state index is -0.384. The normalized spacial score (nSPS) is 14.9. The van der Waals surface area contributed by atoms with Crippen LogP contribution in [0, 0.1) is 24.1 Å². The van der Waals surface area contributed by atoms with Gasteiger partial charge < -0.3 is 5.32 Å². The second kappa shape index (κ2) is 5.68. The molecule has 1 aliphatic rings. The van der Waals surface area contributed by atoms with Crippen LogP contribution in [0.5, 0.6) is 0 Å². The molecular formula is C20H15FN2OS. The predicted molar refractivity (Wildman–Crippen MR) is 96.1 cm³/mol. The standard InChI is InChI=1S/C20H15FN2OS/c1-12-16-10-13(11-22)2-7-17(16)25-18(12)19(24)23-20(8-9-20)14-3-5-15(21)6-4-14/h2-7,10H,8-9H2,1H3,(H,23,24). The summed E-state index contributed by atoms with van der Waals surface area (Å²) in [5.74, 6) is -0.390. The van der Waals surface area contributed by atoms with Crippen molar-refractivity contribution in [1.82, 2.24) is 5.32 Å². The smallest absolute Gasteiger partial charge is 0.262 e. The van der Waals surface area contributed by atoms with Gasteiger partial charge in [0.15, 0.2) is 0 Å². The van der Waals surface area contributed by atoms with Crippen molar-refractivity contribution in [2.24, 2.45) is 0 Å². The van der Waals surface area contributed by atoms with Crippen LogP contribution in [0.3, 0.4) is 0 Å². The monoisotopic (exact) mass is 350 g/mol. The highest BCUT2D eigenvalue weighted by Gasteiger charge is 2.46. The number of benzene rings is 2. The van der Waals surface area contributed by atoms with Crippen LogP contribution in [-0.4, -0.2) is 5.91 Å². The third-order valence-electron chi connectivity index (χ3n) is 4.77. The molecule has 1 N–H and O–H groups in total. The van der Waals surface area contributed by atoms with Gasteiger partial charge in [-0.2, -0.15) is 5.26 Å². The SMILES string of the molecule is Cc1c(C(=O)NC2(c3ccc(F)cc3)CC2)sc2ccc(C#N)cc12. The number of aryl methyl sites for hydroxylation is 1. The van der Waals surface area contributed by atoms with E-state index in [0.29, 0.717) is 10.4 Å². The quantitative estimate of drug-likeness (QED) is 0.748. The lowest BCUT2D eigenvalue weighted by molar-refractivity contribution is 0.0934. The molecule has 1 saturated carbocycles. The molecule has 0 bridgehead atoms. The molecule has 0 spiro atoms. The summed E-state index contributed by atoms with van der Waals surface area (Å²) in [5, 5.41) is 13.1. The Morgan fingerprint density at radius 1 is 1.24 bits per heavy atom. The fourth-order valence-electron chi connectivity index (χ4n) is 3.16. The van der Waals surface area contributed by atoms with Crippen LogP contribution in [-0.2, 0) is 5.54 Å². The highest BCUT2D eigenvalue weighted by Crippen LogP contribution is 2.46. The third-order valence-corrected chi connectivity index (χ3v) is 6.04. The van der Waals surface area contributed by atoms with Crippen molar-refractivity contribution in [3.63, 3.8) is 0 Å². The van der Waals surface area contributed by atoms with Crippen molar-refractivity contribution in [2.45, 2.75) is 25.3 Å². The number of nitrogens with zero attached hydrogens (tertiary/aromatic N) is 1. The van der Waals surface area contributed by atoms with Crippen molar-refractivity contribution in [3.05, 3.63) is 69.8 Å². The van der Waals surface area contributed by atoms with Gasteiger partial charge in [0.2, 0.25) is 0 Å². The fraction of sp³-hybridized carbons (Fsp3) is 0.200. The molecule has 1 aliphatic carbocycles. The summed E-state index contributed by atoms with van der Waals surface area (Å²) in [7, 11) is 0. The van der Waals surface area contributed by atoms with E-state index in [9.17, 15) is 9.18 Å². The first kappa shape index (κ1) is 15.8. The Labute approximate surface area is 148 Å². The summed E-state index contributed by atoms with van der Waals surface area (Å²) >= 11 is 1.44. The van der Waals surface area contributed by atoms with E-state index in [-0.39, 0.29) is 17.3 Å². The van der Waals surface area contributed by atoms with Crippen LogP contribution < -0.4 is 5.32 Å². The third kappa shape index (κ3) is 2.69. The number of thiophene rings is 1. The number of carbonyl (C=O) groups excluding carboxylic acids is 1. The molecule has 1 heterocycles. The molecule has 1 aromatic heterocycles. The largest absolute Gasteiger partial charge is 0.342 e. The molecule has 0 saturated heterocycles. The Balaban J connectivity index is 1.65. The number of nitriles is 1. The van der Waals surface area contributed by atoms with E-state index >= 15 is 0 Å². The van der Waals surface area contributed by atoms with Gasteiger partial charge in [0.05, 0.1) is 22.0 Å². The second-order valence-corrected chi connectivity index (χ2v) is 7.47. The van der Waals surface area contributed by atoms with Crippen molar-refractivity contribution in [1.29, 1.82) is 5.26 Å². The van der Waals surface area contributed by atoms with Gasteiger partial charge in [-0.3, -0.25) is 4.79 Å². The average molecular weight is 350 g/mol. The second-order valence-electron chi connectivity index (χ2n) is 6.42. The maximum absolute atomic E-state index is 13.1. The maximum Gasteiger partial charge on any atom is 0.262 e. The van der Waals surface area contributed by atoms with Gasteiger partial charge in [-0.1, -0.05) is 12.1 Å². The minimum Gasteiger partial charge on any atom is -0.342 e. The topological polar surface area (TPSA) is 52.9 Å². The molecule has 124 valence electrons. The molecule has 0 unspecified atom stereocenters. The zero-order valence-electron chi connectivity index (χ0n) is 13.6. The van der Waals surface area contributed by atoms with Crippen LogP contribution in [0.2, 0.25) is 0 Å². The molecule has 5 heteroatoms. The van der Waals surface area contributed by atoms with Gasteiger partial charge in [0.25, 0.3) is 5.91 Å². The number of halogens is 1. The first-order chi connectivity index (χ1) is 12.0. The number of fused-ring (bicyclic) bond motifs is 1. The summed E-state index contributed by atoms with van der Waals surface area (Å²) in [4.78, 5) is 13.5. The van der Waals surface area contributed by atoms with Crippen molar-refractivity contribution in [3.8, 4) is 6.07 Å². The van der Waals surface area contributed by atoms with E-state index in [2.05, 4.69) is 11.4 Å². The van der Waals surface area contributed by atoms with Crippen molar-refractivity contribution < 1.29 is 9.18 Å². The highest BCUT2D eigenvalue weighted by atomic mass is 32.1. The van der Waals surface area contributed by atoms with Crippen LogP contribution in [0.25, 0.3) is 10.1 Å². The summed E-state index contributed by atoms with van der Waals surface area (Å²) in [6.45, 7) is 1.91. The lowest BCUT2D eigenvalue weighted by atomic mass is 10.0. The first-order valence-corrected chi connectivity index (χ1v) is 8.86. The minimum absolute atomic E-state index is 0.112. The summed E-state index contributed by atoms with van der Waals surface area (Å²) < 4.78 is 14.1.